The molecule has 4 heteroatoms. The third-order valence-electron chi connectivity index (χ3n) is 3.91. The summed E-state index contributed by atoms with van der Waals surface area (Å²) < 4.78 is 24.8. The lowest BCUT2D eigenvalue weighted by molar-refractivity contribution is 0.0788. The first-order valence-electron chi connectivity index (χ1n) is 6.86. The summed E-state index contributed by atoms with van der Waals surface area (Å²) in [4.78, 5) is 0. The van der Waals surface area contributed by atoms with Gasteiger partial charge in [0.05, 0.1) is 19.8 Å². The number of hydrogen-bond donors (Lipinski definition) is 1. The number of aliphatic hydroxyl groups is 1. The van der Waals surface area contributed by atoms with E-state index >= 15 is 0 Å². The Bertz CT molecular complexity index is 449. The van der Waals surface area contributed by atoms with E-state index in [0.29, 0.717) is 17.9 Å². The van der Waals surface area contributed by atoms with Gasteiger partial charge in [0, 0.05) is 18.3 Å². The third kappa shape index (κ3) is 3.12. The summed E-state index contributed by atoms with van der Waals surface area (Å²) in [6.07, 6.45) is 0.779. The van der Waals surface area contributed by atoms with E-state index in [0.717, 1.165) is 0 Å². The molecule has 0 amide bonds. The van der Waals surface area contributed by atoms with Gasteiger partial charge in [-0.05, 0) is 18.6 Å². The molecule has 0 aliphatic heterocycles. The normalized spacial score (nSPS) is 29.1. The summed E-state index contributed by atoms with van der Waals surface area (Å²) >= 11 is 0. The summed E-state index contributed by atoms with van der Waals surface area (Å²) in [6.45, 7) is 3.93. The van der Waals surface area contributed by atoms with Crippen LogP contribution in [0.15, 0.2) is 36.9 Å². The van der Waals surface area contributed by atoms with Crippen LogP contribution in [0.4, 0.5) is 4.39 Å². The van der Waals surface area contributed by atoms with Crippen molar-refractivity contribution < 1.29 is 19.0 Å². The second kappa shape index (κ2) is 6.75. The molecule has 0 heterocycles. The molecule has 1 fully saturated rings. The molecule has 0 spiro atoms. The minimum Gasteiger partial charge on any atom is -0.493 e. The smallest absolute Gasteiger partial charge is 0.161 e. The van der Waals surface area contributed by atoms with Crippen LogP contribution in [0.5, 0.6) is 11.5 Å². The van der Waals surface area contributed by atoms with Crippen LogP contribution in [0.3, 0.4) is 0 Å². The first kappa shape index (κ1) is 14.9. The minimum absolute atomic E-state index is 0.179. The van der Waals surface area contributed by atoms with E-state index in [1.165, 1.54) is 0 Å². The molecular formula is C16H21FO3. The number of alkyl halides is 1. The fourth-order valence-corrected chi connectivity index (χ4v) is 2.81. The molecule has 2 rings (SSSR count). The van der Waals surface area contributed by atoms with Crippen LogP contribution in [-0.4, -0.2) is 31.1 Å². The predicted molar refractivity (Wildman–Crippen MR) is 75.8 cm³/mol. The summed E-state index contributed by atoms with van der Waals surface area (Å²) in [7, 11) is 1.57. The zero-order valence-corrected chi connectivity index (χ0v) is 11.7. The zero-order valence-electron chi connectivity index (χ0n) is 11.7. The molecule has 1 aromatic carbocycles. The number of allylic oxidation sites excluding steroid dienone is 1. The Morgan fingerprint density at radius 3 is 2.70 bits per heavy atom. The average molecular weight is 280 g/mol. The fourth-order valence-electron chi connectivity index (χ4n) is 2.81. The number of halogens is 1. The van der Waals surface area contributed by atoms with Gasteiger partial charge in [-0.2, -0.15) is 0 Å². The van der Waals surface area contributed by atoms with Gasteiger partial charge in [0.15, 0.2) is 11.5 Å². The van der Waals surface area contributed by atoms with E-state index in [-0.39, 0.29) is 24.9 Å². The Hall–Kier alpha value is -1.55. The van der Waals surface area contributed by atoms with E-state index < -0.39 is 12.3 Å². The Kier molecular flexibility index (Phi) is 5.01. The summed E-state index contributed by atoms with van der Waals surface area (Å²) in [6, 6.07) is 7.31. The van der Waals surface area contributed by atoms with Crippen molar-refractivity contribution in [3.63, 3.8) is 0 Å². The topological polar surface area (TPSA) is 38.7 Å². The predicted octanol–water partition coefficient (Wildman–Crippen LogP) is 2.99. The first-order valence-corrected chi connectivity index (χ1v) is 6.86. The van der Waals surface area contributed by atoms with Gasteiger partial charge in [-0.25, -0.2) is 4.39 Å². The van der Waals surface area contributed by atoms with Crippen LogP contribution in [0.25, 0.3) is 0 Å². The van der Waals surface area contributed by atoms with Gasteiger partial charge in [-0.3, -0.25) is 0 Å². The van der Waals surface area contributed by atoms with Gasteiger partial charge in [0.2, 0.25) is 0 Å². The number of rotatable bonds is 6. The van der Waals surface area contributed by atoms with E-state index in [4.69, 9.17) is 9.47 Å². The number of ether oxygens (including phenoxy) is 2. The fraction of sp³-hybridized carbons (Fsp3) is 0.500. The average Bonchev–Trinajstić information content (AvgIpc) is 2.72. The Morgan fingerprint density at radius 1 is 1.35 bits per heavy atom. The largest absolute Gasteiger partial charge is 0.493 e. The van der Waals surface area contributed by atoms with E-state index in [2.05, 4.69) is 6.58 Å². The van der Waals surface area contributed by atoms with Crippen molar-refractivity contribution in [3.8, 4) is 11.5 Å². The van der Waals surface area contributed by atoms with E-state index in [1.54, 1.807) is 25.3 Å². The van der Waals surface area contributed by atoms with Crippen molar-refractivity contribution in [3.05, 3.63) is 36.9 Å². The maximum Gasteiger partial charge on any atom is 0.161 e. The van der Waals surface area contributed by atoms with Crippen LogP contribution in [0.1, 0.15) is 12.8 Å². The summed E-state index contributed by atoms with van der Waals surface area (Å²) in [5.41, 5.74) is 0. The highest BCUT2D eigenvalue weighted by atomic mass is 19.1. The van der Waals surface area contributed by atoms with Gasteiger partial charge in [0.25, 0.3) is 0 Å². The monoisotopic (exact) mass is 280 g/mol. The third-order valence-corrected chi connectivity index (χ3v) is 3.91. The SMILES string of the molecule is C=CC[C@H]1C(F)C[C@@H](O)[C@@H]1COc1ccccc1OC. The molecule has 1 aromatic rings. The maximum absolute atomic E-state index is 13.9. The van der Waals surface area contributed by atoms with Gasteiger partial charge in [0.1, 0.15) is 6.17 Å². The molecule has 3 nitrogen and oxygen atoms in total. The van der Waals surface area contributed by atoms with Gasteiger partial charge < -0.3 is 14.6 Å². The lowest BCUT2D eigenvalue weighted by atomic mass is 9.92. The highest BCUT2D eigenvalue weighted by Gasteiger charge is 2.42. The molecule has 1 aliphatic carbocycles. The van der Waals surface area contributed by atoms with Crippen molar-refractivity contribution >= 4 is 0 Å². The van der Waals surface area contributed by atoms with Crippen LogP contribution in [0.2, 0.25) is 0 Å². The van der Waals surface area contributed by atoms with Crippen LogP contribution < -0.4 is 9.47 Å². The number of para-hydroxylation sites is 2. The van der Waals surface area contributed by atoms with Crippen molar-refractivity contribution in [1.82, 2.24) is 0 Å². The molecule has 110 valence electrons. The second-order valence-electron chi connectivity index (χ2n) is 5.13. The molecule has 1 aliphatic rings. The quantitative estimate of drug-likeness (QED) is 0.814. The molecule has 20 heavy (non-hydrogen) atoms. The lowest BCUT2D eigenvalue weighted by Crippen LogP contribution is -2.27. The highest BCUT2D eigenvalue weighted by molar-refractivity contribution is 5.39. The number of benzene rings is 1. The van der Waals surface area contributed by atoms with E-state index in [1.807, 2.05) is 12.1 Å². The second-order valence-corrected chi connectivity index (χ2v) is 5.13. The van der Waals surface area contributed by atoms with Gasteiger partial charge >= 0.3 is 0 Å². The molecule has 1 unspecified atom stereocenters. The lowest BCUT2D eigenvalue weighted by Gasteiger charge is -2.22. The van der Waals surface area contributed by atoms with Crippen molar-refractivity contribution in [2.75, 3.05) is 13.7 Å². The number of aliphatic hydroxyl groups excluding tert-OH is 1. The maximum atomic E-state index is 13.9. The Labute approximate surface area is 119 Å². The summed E-state index contributed by atoms with van der Waals surface area (Å²) in [5.74, 6) is 0.809. The zero-order chi connectivity index (χ0) is 14.5. The van der Waals surface area contributed by atoms with E-state index in [9.17, 15) is 9.50 Å². The van der Waals surface area contributed by atoms with Crippen LogP contribution >= 0.6 is 0 Å². The molecule has 0 radical (unpaired) electrons. The molecular weight excluding hydrogens is 259 g/mol. The highest BCUT2D eigenvalue weighted by Crippen LogP contribution is 2.38. The molecule has 1 N–H and O–H groups in total. The standard InChI is InChI=1S/C16H21FO3/c1-3-6-11-12(14(18)9-13(11)17)10-20-16-8-5-4-7-15(16)19-2/h3-5,7-8,11-14,18H,1,6,9-10H2,2H3/t11-,12-,13?,14-/m1/s1. The van der Waals surface area contributed by atoms with Crippen molar-refractivity contribution in [2.45, 2.75) is 25.1 Å². The molecule has 0 saturated heterocycles. The van der Waals surface area contributed by atoms with Crippen molar-refractivity contribution in [2.24, 2.45) is 11.8 Å². The van der Waals surface area contributed by atoms with Crippen LogP contribution in [-0.2, 0) is 0 Å². The van der Waals surface area contributed by atoms with Gasteiger partial charge in [-0.1, -0.05) is 18.2 Å². The number of methoxy groups -OCH3 is 1. The molecule has 4 atom stereocenters. The molecule has 0 aromatic heterocycles. The Balaban J connectivity index is 2.03. The van der Waals surface area contributed by atoms with Crippen LogP contribution in [0, 0.1) is 11.8 Å². The van der Waals surface area contributed by atoms with Gasteiger partial charge in [-0.15, -0.1) is 6.58 Å². The minimum atomic E-state index is -0.991. The first-order chi connectivity index (χ1) is 9.67. The number of hydrogen-bond acceptors (Lipinski definition) is 3. The Morgan fingerprint density at radius 2 is 2.05 bits per heavy atom. The molecule has 1 saturated carbocycles. The van der Waals surface area contributed by atoms with Crippen molar-refractivity contribution in [1.29, 1.82) is 0 Å². The molecule has 0 bridgehead atoms. The summed E-state index contributed by atoms with van der Waals surface area (Å²) in [5, 5.41) is 9.98.